The van der Waals surface area contributed by atoms with Crippen molar-refractivity contribution < 1.29 is 34.9 Å². The highest BCUT2D eigenvalue weighted by Gasteiger charge is 2.25. The van der Waals surface area contributed by atoms with Crippen LogP contribution in [-0.2, 0) is 0 Å². The molecule has 36 heavy (non-hydrogen) atoms. The number of nitrogens with one attached hydrogen (secondary N) is 1. The molecule has 4 aromatic rings. The second-order valence-electron chi connectivity index (χ2n) is 8.86. The molecule has 0 aliphatic carbocycles. The zero-order valence-corrected chi connectivity index (χ0v) is 19.7. The Bertz CT molecular complexity index is 1280. The highest BCUT2D eigenvalue weighted by molar-refractivity contribution is 5.98. The van der Waals surface area contributed by atoms with Crippen molar-refractivity contribution in [3.63, 3.8) is 0 Å². The van der Waals surface area contributed by atoms with E-state index in [1.807, 2.05) is 29.2 Å². The molecule has 0 radical (unpaired) electrons. The maximum absolute atomic E-state index is 11.3. The lowest BCUT2D eigenvalue weighted by Crippen LogP contribution is -3.17. The van der Waals surface area contributed by atoms with Crippen LogP contribution in [0.15, 0.2) is 72.8 Å². The molecule has 0 amide bonds. The molecule has 0 saturated carbocycles. The molecule has 3 heterocycles. The first-order chi connectivity index (χ1) is 17.3. The first-order valence-corrected chi connectivity index (χ1v) is 11.8. The van der Waals surface area contributed by atoms with Gasteiger partial charge in [-0.3, -0.25) is 4.90 Å². The number of carboxylic acid groups (broad SMARTS) is 2. The predicted octanol–water partition coefficient (Wildman–Crippen LogP) is 2.06. The lowest BCUT2D eigenvalue weighted by molar-refractivity contribution is -0.914. The number of aromatic hydroxyl groups is 1. The largest absolute Gasteiger partial charge is 0.872 e. The topological polar surface area (TPSA) is 126 Å². The van der Waals surface area contributed by atoms with Gasteiger partial charge in [-0.15, -0.1) is 0 Å². The average Bonchev–Trinajstić information content (AvgIpc) is 2.89. The van der Waals surface area contributed by atoms with Crippen LogP contribution in [0.5, 0.6) is 11.5 Å². The van der Waals surface area contributed by atoms with Crippen LogP contribution in [-0.4, -0.2) is 71.4 Å². The van der Waals surface area contributed by atoms with Crippen molar-refractivity contribution in [3.05, 3.63) is 83.9 Å². The number of carboxylic acids is 2. The van der Waals surface area contributed by atoms with Gasteiger partial charge in [-0.2, -0.15) is 0 Å². The van der Waals surface area contributed by atoms with Crippen LogP contribution in [0, 0.1) is 0 Å². The Hall–Kier alpha value is -4.14. The van der Waals surface area contributed by atoms with Crippen molar-refractivity contribution in [1.29, 1.82) is 0 Å². The molecule has 3 aliphatic rings. The molecule has 3 aliphatic heterocycles. The Morgan fingerprint density at radius 1 is 0.694 bits per heavy atom. The van der Waals surface area contributed by atoms with Gasteiger partial charge >= 0.3 is 11.9 Å². The van der Waals surface area contributed by atoms with Gasteiger partial charge in [0.05, 0.1) is 25.2 Å². The van der Waals surface area contributed by atoms with Gasteiger partial charge in [-0.05, 0) is 39.7 Å². The van der Waals surface area contributed by atoms with E-state index in [0.717, 1.165) is 21.5 Å². The Labute approximate surface area is 208 Å². The highest BCUT2D eigenvalue weighted by Crippen LogP contribution is 2.25. The number of piperazine rings is 3. The van der Waals surface area contributed by atoms with Crippen molar-refractivity contribution >= 4 is 33.5 Å². The minimum atomic E-state index is -1.18. The van der Waals surface area contributed by atoms with Gasteiger partial charge in [-0.1, -0.05) is 60.3 Å². The summed E-state index contributed by atoms with van der Waals surface area (Å²) in [6.45, 7) is 8.28. The molecular formula is C28H28N2O6. The number of hydrogen-bond donors (Lipinski definition) is 4. The molecule has 0 aromatic heterocycles. The van der Waals surface area contributed by atoms with E-state index in [1.165, 1.54) is 63.5 Å². The summed E-state index contributed by atoms with van der Waals surface area (Å²) in [5.41, 5.74) is -0.243. The Morgan fingerprint density at radius 2 is 1.11 bits per heavy atom. The van der Waals surface area contributed by atoms with Crippen molar-refractivity contribution in [2.24, 2.45) is 0 Å². The number of quaternary nitrogens is 1. The minimum absolute atomic E-state index is 0.0660. The Kier molecular flexibility index (Phi) is 7.68. The summed E-state index contributed by atoms with van der Waals surface area (Å²) >= 11 is 0. The molecule has 0 atom stereocenters. The van der Waals surface area contributed by atoms with Gasteiger partial charge in [0.25, 0.3) is 0 Å². The fourth-order valence-corrected chi connectivity index (χ4v) is 4.45. The van der Waals surface area contributed by atoms with E-state index in [-0.39, 0.29) is 16.9 Å². The number of nitrogens with zero attached hydrogens (tertiary/aromatic N) is 1. The second-order valence-corrected chi connectivity index (χ2v) is 8.86. The van der Waals surface area contributed by atoms with E-state index in [4.69, 9.17) is 10.2 Å². The van der Waals surface area contributed by atoms with E-state index < -0.39 is 17.7 Å². The molecule has 0 spiro atoms. The van der Waals surface area contributed by atoms with E-state index in [2.05, 4.69) is 4.90 Å². The maximum Gasteiger partial charge on any atom is 0.339 e. The fraction of sp³-hybridized carbons (Fsp3) is 0.214. The van der Waals surface area contributed by atoms with E-state index in [9.17, 15) is 19.8 Å². The summed E-state index contributed by atoms with van der Waals surface area (Å²) < 4.78 is 0. The number of aromatic carboxylic acids is 2. The van der Waals surface area contributed by atoms with Crippen LogP contribution in [0.2, 0.25) is 0 Å². The molecular weight excluding hydrogens is 460 g/mol. The third-order valence-corrected chi connectivity index (χ3v) is 6.52. The summed E-state index contributed by atoms with van der Waals surface area (Å²) in [4.78, 5) is 25.8. The van der Waals surface area contributed by atoms with E-state index >= 15 is 0 Å². The average molecular weight is 489 g/mol. The van der Waals surface area contributed by atoms with Crippen molar-refractivity contribution in [1.82, 2.24) is 4.90 Å². The zero-order chi connectivity index (χ0) is 25.7. The summed E-state index contributed by atoms with van der Waals surface area (Å²) in [6, 6.07) is 20.1. The van der Waals surface area contributed by atoms with Crippen LogP contribution < -0.4 is 10.0 Å². The van der Waals surface area contributed by atoms with Crippen LogP contribution >= 0.6 is 0 Å². The molecule has 0 unspecified atom stereocenters. The van der Waals surface area contributed by atoms with Gasteiger partial charge in [0.1, 0.15) is 11.3 Å². The highest BCUT2D eigenvalue weighted by atomic mass is 16.4. The SMILES string of the molecule is C1C[NH+]2CCN1CC2.O=C(O)c1cc2ccccc2cc1O.O=C(O)c1cc2ccccc2cc1[O-]. The van der Waals surface area contributed by atoms with Crippen LogP contribution in [0.4, 0.5) is 0 Å². The Balaban J connectivity index is 0.000000131. The normalized spacial score (nSPS) is 18.0. The summed E-state index contributed by atoms with van der Waals surface area (Å²) in [7, 11) is 0. The van der Waals surface area contributed by atoms with Crippen molar-refractivity contribution in [2.75, 3.05) is 39.3 Å². The maximum atomic E-state index is 11.3. The monoisotopic (exact) mass is 488 g/mol. The zero-order valence-electron chi connectivity index (χ0n) is 19.7. The minimum Gasteiger partial charge on any atom is -0.872 e. The number of benzene rings is 4. The lowest BCUT2D eigenvalue weighted by Gasteiger charge is -2.38. The van der Waals surface area contributed by atoms with E-state index in [0.29, 0.717) is 0 Å². The molecule has 3 fully saturated rings. The predicted molar refractivity (Wildman–Crippen MR) is 135 cm³/mol. The number of carbonyl (C=O) groups is 2. The van der Waals surface area contributed by atoms with Crippen LogP contribution in [0.1, 0.15) is 20.7 Å². The molecule has 4 N–H and O–H groups in total. The van der Waals surface area contributed by atoms with Crippen molar-refractivity contribution in [3.8, 4) is 11.5 Å². The fourth-order valence-electron chi connectivity index (χ4n) is 4.45. The van der Waals surface area contributed by atoms with Gasteiger partial charge < -0.3 is 25.3 Å². The molecule has 186 valence electrons. The summed E-state index contributed by atoms with van der Waals surface area (Å²) in [5.74, 6) is -2.94. The molecule has 7 rings (SSSR count). The quantitative estimate of drug-likeness (QED) is 0.340. The van der Waals surface area contributed by atoms with Gasteiger partial charge in [0, 0.05) is 19.6 Å². The smallest absolute Gasteiger partial charge is 0.339 e. The Morgan fingerprint density at radius 3 is 1.50 bits per heavy atom. The number of rotatable bonds is 2. The molecule has 8 nitrogen and oxygen atoms in total. The van der Waals surface area contributed by atoms with Gasteiger partial charge in [0.15, 0.2) is 0 Å². The summed E-state index contributed by atoms with van der Waals surface area (Å²) in [5, 5.41) is 41.4. The standard InChI is InChI=1S/2C11H8O3.C6H12N2/c2*12-10-6-8-4-2-1-3-7(8)5-9(10)11(13)14;1-2-8-5-3-7(1)4-6-8/h2*1-6,12H,(H,13,14);1-6H2. The number of hydrogen-bond acceptors (Lipinski definition) is 5. The van der Waals surface area contributed by atoms with Crippen LogP contribution in [0.3, 0.4) is 0 Å². The van der Waals surface area contributed by atoms with E-state index in [1.54, 1.807) is 24.3 Å². The summed E-state index contributed by atoms with van der Waals surface area (Å²) in [6.07, 6.45) is 0. The number of fused-ring (bicyclic) bond motifs is 5. The first-order valence-electron chi connectivity index (χ1n) is 11.8. The molecule has 2 bridgehead atoms. The number of phenols is 1. The molecule has 8 heteroatoms. The second kappa shape index (κ2) is 11.1. The van der Waals surface area contributed by atoms with Gasteiger partial charge in [-0.25, -0.2) is 9.59 Å². The van der Waals surface area contributed by atoms with Crippen molar-refractivity contribution in [2.45, 2.75) is 0 Å². The van der Waals surface area contributed by atoms with Crippen LogP contribution in [0.25, 0.3) is 21.5 Å². The first kappa shape index (κ1) is 25.0. The molecule has 3 saturated heterocycles. The lowest BCUT2D eigenvalue weighted by atomic mass is 10.1. The third-order valence-electron chi connectivity index (χ3n) is 6.52. The van der Waals surface area contributed by atoms with Gasteiger partial charge in [0.2, 0.25) is 0 Å². The molecule has 4 aromatic carbocycles. The third kappa shape index (κ3) is 5.91.